The molecule has 0 aromatic carbocycles. The lowest BCUT2D eigenvalue weighted by Gasteiger charge is -2.34. The van der Waals surface area contributed by atoms with Crippen molar-refractivity contribution in [1.82, 2.24) is 24.1 Å². The van der Waals surface area contributed by atoms with E-state index in [9.17, 15) is 8.42 Å². The van der Waals surface area contributed by atoms with Crippen LogP contribution >= 0.6 is 11.3 Å². The van der Waals surface area contributed by atoms with E-state index in [0.717, 1.165) is 22.9 Å². The first-order valence-corrected chi connectivity index (χ1v) is 10.8. The number of anilines is 1. The van der Waals surface area contributed by atoms with E-state index in [1.54, 1.807) is 14.9 Å². The highest BCUT2D eigenvalue weighted by Gasteiger charge is 2.30. The fourth-order valence-corrected chi connectivity index (χ4v) is 5.90. The Morgan fingerprint density at radius 3 is 2.54 bits per heavy atom. The van der Waals surface area contributed by atoms with E-state index in [1.165, 1.54) is 11.3 Å². The van der Waals surface area contributed by atoms with E-state index in [-0.39, 0.29) is 0 Å². The van der Waals surface area contributed by atoms with Crippen molar-refractivity contribution in [3.8, 4) is 0 Å². The van der Waals surface area contributed by atoms with Crippen LogP contribution in [0.25, 0.3) is 5.65 Å². The highest BCUT2D eigenvalue weighted by atomic mass is 32.2. The summed E-state index contributed by atoms with van der Waals surface area (Å²) in [6.45, 7) is 5.98. The molecule has 0 amide bonds. The summed E-state index contributed by atoms with van der Waals surface area (Å²) >= 11 is 1.36. The van der Waals surface area contributed by atoms with Gasteiger partial charge >= 0.3 is 0 Å². The van der Waals surface area contributed by atoms with Gasteiger partial charge in [-0.15, -0.1) is 26.6 Å². The molecule has 1 aliphatic heterocycles. The lowest BCUT2D eigenvalue weighted by molar-refractivity contribution is 0.384. The fourth-order valence-electron chi connectivity index (χ4n) is 3.03. The highest BCUT2D eigenvalue weighted by molar-refractivity contribution is 7.91. The van der Waals surface area contributed by atoms with E-state index in [4.69, 9.17) is 0 Å². The van der Waals surface area contributed by atoms with Crippen LogP contribution in [0.3, 0.4) is 0 Å². The van der Waals surface area contributed by atoms with Crippen molar-refractivity contribution in [2.45, 2.75) is 24.5 Å². The molecule has 0 bridgehead atoms. The van der Waals surface area contributed by atoms with Gasteiger partial charge in [0, 0.05) is 31.1 Å². The van der Waals surface area contributed by atoms with Crippen LogP contribution in [0.2, 0.25) is 0 Å². The average Bonchev–Trinajstić information content (AvgIpc) is 3.29. The maximum absolute atomic E-state index is 12.8. The van der Waals surface area contributed by atoms with Crippen LogP contribution in [-0.2, 0) is 16.4 Å². The molecule has 0 aliphatic carbocycles. The van der Waals surface area contributed by atoms with Gasteiger partial charge in [-0.2, -0.15) is 8.82 Å². The first-order chi connectivity index (χ1) is 12.5. The van der Waals surface area contributed by atoms with Gasteiger partial charge < -0.3 is 4.90 Å². The number of thiophene rings is 1. The summed E-state index contributed by atoms with van der Waals surface area (Å²) in [5, 5.41) is 12.6. The second-order valence-electron chi connectivity index (χ2n) is 6.17. The van der Waals surface area contributed by atoms with Crippen LogP contribution < -0.4 is 4.90 Å². The zero-order valence-corrected chi connectivity index (χ0v) is 16.3. The molecule has 0 spiro atoms. The van der Waals surface area contributed by atoms with Gasteiger partial charge in [-0.1, -0.05) is 6.92 Å². The van der Waals surface area contributed by atoms with Gasteiger partial charge in [-0.3, -0.25) is 0 Å². The first-order valence-electron chi connectivity index (χ1n) is 8.52. The van der Waals surface area contributed by atoms with E-state index in [0.29, 0.717) is 36.0 Å². The van der Waals surface area contributed by atoms with E-state index >= 15 is 0 Å². The summed E-state index contributed by atoms with van der Waals surface area (Å²) < 4.78 is 29.4. The Morgan fingerprint density at radius 2 is 1.85 bits per heavy atom. The molecular formula is C16H20N6O2S2. The third-order valence-corrected chi connectivity index (χ3v) is 8.14. The number of aryl methyl sites for hydroxylation is 2. The van der Waals surface area contributed by atoms with Crippen LogP contribution in [0, 0.1) is 6.92 Å². The summed E-state index contributed by atoms with van der Waals surface area (Å²) in [7, 11) is -3.41. The third kappa shape index (κ3) is 2.97. The van der Waals surface area contributed by atoms with Crippen LogP contribution in [0.5, 0.6) is 0 Å². The molecule has 0 saturated carbocycles. The van der Waals surface area contributed by atoms with Crippen molar-refractivity contribution >= 4 is 32.8 Å². The predicted octanol–water partition coefficient (Wildman–Crippen LogP) is 1.57. The third-order valence-electron chi connectivity index (χ3n) is 4.55. The molecule has 4 heterocycles. The van der Waals surface area contributed by atoms with E-state index in [1.807, 2.05) is 32.0 Å². The number of fused-ring (bicyclic) bond motifs is 1. The summed E-state index contributed by atoms with van der Waals surface area (Å²) in [5.41, 5.74) is 0.705. The minimum Gasteiger partial charge on any atom is -0.353 e. The molecule has 138 valence electrons. The molecule has 0 unspecified atom stereocenters. The molecule has 1 saturated heterocycles. The molecule has 4 rings (SSSR count). The summed E-state index contributed by atoms with van der Waals surface area (Å²) in [6, 6.07) is 7.40. The minimum absolute atomic E-state index is 0.433. The second kappa shape index (κ2) is 6.60. The van der Waals surface area contributed by atoms with Crippen LogP contribution in [0.1, 0.15) is 17.6 Å². The number of piperazine rings is 1. The maximum Gasteiger partial charge on any atom is 0.252 e. The molecule has 10 heteroatoms. The van der Waals surface area contributed by atoms with Crippen LogP contribution in [-0.4, -0.2) is 58.7 Å². The Morgan fingerprint density at radius 1 is 1.08 bits per heavy atom. The Labute approximate surface area is 156 Å². The molecule has 3 aromatic heterocycles. The number of sulfonamides is 1. The smallest absolute Gasteiger partial charge is 0.252 e. The van der Waals surface area contributed by atoms with Crippen LogP contribution in [0.15, 0.2) is 28.5 Å². The van der Waals surface area contributed by atoms with Gasteiger partial charge in [0.2, 0.25) is 0 Å². The number of hydrogen-bond acceptors (Lipinski definition) is 7. The number of aromatic nitrogens is 4. The van der Waals surface area contributed by atoms with Crippen molar-refractivity contribution < 1.29 is 8.42 Å². The average molecular weight is 393 g/mol. The first kappa shape index (κ1) is 17.4. The molecule has 0 atom stereocenters. The molecule has 8 nitrogen and oxygen atoms in total. The van der Waals surface area contributed by atoms with Crippen molar-refractivity contribution in [2.75, 3.05) is 31.1 Å². The monoisotopic (exact) mass is 392 g/mol. The van der Waals surface area contributed by atoms with Gasteiger partial charge in [-0.25, -0.2) is 8.42 Å². The summed E-state index contributed by atoms with van der Waals surface area (Å²) in [5.74, 6) is 1.54. The largest absolute Gasteiger partial charge is 0.353 e. The lowest BCUT2D eigenvalue weighted by atomic mass is 10.3. The zero-order valence-electron chi connectivity index (χ0n) is 14.7. The molecule has 3 aromatic rings. The summed E-state index contributed by atoms with van der Waals surface area (Å²) in [6.07, 6.45) is 0.852. The van der Waals surface area contributed by atoms with Crippen molar-refractivity contribution in [1.29, 1.82) is 0 Å². The number of nitrogens with zero attached hydrogens (tertiary/aromatic N) is 6. The Bertz CT molecular complexity index is 1030. The van der Waals surface area contributed by atoms with Crippen molar-refractivity contribution in [3.05, 3.63) is 35.0 Å². The van der Waals surface area contributed by atoms with E-state index < -0.39 is 10.0 Å². The van der Waals surface area contributed by atoms with Gasteiger partial charge in [0.25, 0.3) is 10.0 Å². The van der Waals surface area contributed by atoms with Gasteiger partial charge in [0.1, 0.15) is 10.0 Å². The van der Waals surface area contributed by atoms with Crippen LogP contribution in [0.4, 0.5) is 5.82 Å². The highest BCUT2D eigenvalue weighted by Crippen LogP contribution is 2.26. The zero-order chi connectivity index (χ0) is 18.3. The Hall–Kier alpha value is -2.04. The predicted molar refractivity (Wildman–Crippen MR) is 100 cm³/mol. The Kier molecular flexibility index (Phi) is 4.41. The van der Waals surface area contributed by atoms with Gasteiger partial charge in [0.05, 0.1) is 0 Å². The normalized spacial score (nSPS) is 16.5. The molecule has 0 radical (unpaired) electrons. The van der Waals surface area contributed by atoms with Crippen molar-refractivity contribution in [2.24, 2.45) is 0 Å². The molecule has 1 fully saturated rings. The molecular weight excluding hydrogens is 372 g/mol. The number of rotatable bonds is 4. The van der Waals surface area contributed by atoms with Gasteiger partial charge in [0.15, 0.2) is 11.5 Å². The fraction of sp³-hybridized carbons (Fsp3) is 0.438. The maximum atomic E-state index is 12.8. The topological polar surface area (TPSA) is 83.7 Å². The SMILES string of the molecule is CCc1ccc(S(=O)(=O)N2CCN(c3ccc4nnc(C)n4n3)CC2)s1. The standard InChI is InChI=1S/C16H20N6O2S2/c1-3-13-4-7-16(25-13)26(23,24)21-10-8-20(9-11-21)15-6-5-14-18-17-12(2)22(14)19-15/h4-7H,3,8-11H2,1-2H3. The number of hydrogen-bond donors (Lipinski definition) is 0. The van der Waals surface area contributed by atoms with E-state index in [2.05, 4.69) is 20.2 Å². The molecule has 0 N–H and O–H groups in total. The molecule has 1 aliphatic rings. The minimum atomic E-state index is -3.41. The Balaban J connectivity index is 1.50. The molecule has 26 heavy (non-hydrogen) atoms. The lowest BCUT2D eigenvalue weighted by Crippen LogP contribution is -2.48. The summed E-state index contributed by atoms with van der Waals surface area (Å²) in [4.78, 5) is 3.18. The van der Waals surface area contributed by atoms with Crippen molar-refractivity contribution in [3.63, 3.8) is 0 Å². The van der Waals surface area contributed by atoms with Gasteiger partial charge in [-0.05, 0) is 37.6 Å². The quantitative estimate of drug-likeness (QED) is 0.670. The second-order valence-corrected chi connectivity index (χ2v) is 9.51.